The molecule has 6 nitrogen and oxygen atoms in total. The highest BCUT2D eigenvalue weighted by atomic mass is 16.2. The Balaban J connectivity index is 2.34. The molecule has 0 aromatic carbocycles. The molecule has 0 aliphatic carbocycles. The molecule has 0 N–H and O–H groups in total. The number of carbonyl (C=O) groups is 2. The highest BCUT2D eigenvalue weighted by Crippen LogP contribution is 2.03. The summed E-state index contributed by atoms with van der Waals surface area (Å²) in [6.45, 7) is 7.05. The third-order valence-corrected chi connectivity index (χ3v) is 3.71. The van der Waals surface area contributed by atoms with E-state index in [4.69, 9.17) is 0 Å². The minimum Gasteiger partial charge on any atom is -0.341 e. The van der Waals surface area contributed by atoms with Crippen molar-refractivity contribution in [1.29, 1.82) is 0 Å². The second kappa shape index (κ2) is 8.21. The molecule has 1 saturated heterocycles. The molecule has 1 fully saturated rings. The molecular formula is C14H28N4O2. The number of hydrogen-bond acceptors (Lipinski definition) is 4. The Hall–Kier alpha value is -1.14. The predicted octanol–water partition coefficient (Wildman–Crippen LogP) is -0.439. The van der Waals surface area contributed by atoms with Gasteiger partial charge in [0.1, 0.15) is 0 Å². The average molecular weight is 284 g/mol. The van der Waals surface area contributed by atoms with Crippen molar-refractivity contribution >= 4 is 11.8 Å². The van der Waals surface area contributed by atoms with Crippen LogP contribution in [-0.4, -0.2) is 98.4 Å². The van der Waals surface area contributed by atoms with Crippen molar-refractivity contribution < 1.29 is 9.59 Å². The zero-order valence-corrected chi connectivity index (χ0v) is 13.3. The van der Waals surface area contributed by atoms with E-state index in [0.717, 1.165) is 32.7 Å². The smallest absolute Gasteiger partial charge is 0.224 e. The first-order valence-corrected chi connectivity index (χ1v) is 7.26. The van der Waals surface area contributed by atoms with Gasteiger partial charge in [-0.15, -0.1) is 0 Å². The van der Waals surface area contributed by atoms with Gasteiger partial charge in [-0.1, -0.05) is 0 Å². The topological polar surface area (TPSA) is 47.1 Å². The van der Waals surface area contributed by atoms with E-state index >= 15 is 0 Å². The molecule has 0 saturated carbocycles. The van der Waals surface area contributed by atoms with Gasteiger partial charge in [-0.05, 0) is 21.1 Å². The van der Waals surface area contributed by atoms with Crippen LogP contribution in [0.1, 0.15) is 13.3 Å². The number of carbonyl (C=O) groups excluding carboxylic acids is 2. The number of hydrogen-bond donors (Lipinski definition) is 0. The molecule has 0 unspecified atom stereocenters. The zero-order chi connectivity index (χ0) is 15.1. The minimum atomic E-state index is 0.0398. The molecule has 1 aliphatic heterocycles. The molecule has 1 heterocycles. The summed E-state index contributed by atoms with van der Waals surface area (Å²) in [5.41, 5.74) is 0. The summed E-state index contributed by atoms with van der Waals surface area (Å²) in [5, 5.41) is 0. The van der Waals surface area contributed by atoms with Crippen molar-refractivity contribution in [3.63, 3.8) is 0 Å². The molecule has 0 spiro atoms. The van der Waals surface area contributed by atoms with Gasteiger partial charge in [-0.2, -0.15) is 0 Å². The van der Waals surface area contributed by atoms with Crippen LogP contribution in [0.4, 0.5) is 0 Å². The lowest BCUT2D eigenvalue weighted by atomic mass is 10.2. The number of nitrogens with zero attached hydrogens (tertiary/aromatic N) is 4. The number of rotatable bonds is 6. The zero-order valence-electron chi connectivity index (χ0n) is 13.3. The van der Waals surface area contributed by atoms with E-state index in [1.807, 2.05) is 23.9 Å². The lowest BCUT2D eigenvalue weighted by Gasteiger charge is -2.33. The van der Waals surface area contributed by atoms with E-state index in [1.165, 1.54) is 0 Å². The lowest BCUT2D eigenvalue weighted by molar-refractivity contribution is -0.134. The first-order valence-electron chi connectivity index (χ1n) is 7.26. The van der Waals surface area contributed by atoms with Crippen LogP contribution >= 0.6 is 0 Å². The molecule has 20 heavy (non-hydrogen) atoms. The van der Waals surface area contributed by atoms with Gasteiger partial charge in [-0.25, -0.2) is 0 Å². The second-order valence-corrected chi connectivity index (χ2v) is 5.74. The fourth-order valence-corrected chi connectivity index (χ4v) is 2.19. The lowest BCUT2D eigenvalue weighted by Crippen LogP contribution is -2.48. The van der Waals surface area contributed by atoms with E-state index in [2.05, 4.69) is 11.9 Å². The van der Waals surface area contributed by atoms with E-state index in [0.29, 0.717) is 19.5 Å². The van der Waals surface area contributed by atoms with Crippen LogP contribution in [0.2, 0.25) is 0 Å². The third-order valence-electron chi connectivity index (χ3n) is 3.71. The summed E-state index contributed by atoms with van der Waals surface area (Å²) < 4.78 is 0. The summed E-state index contributed by atoms with van der Waals surface area (Å²) in [7, 11) is 6.03. The fraction of sp³-hybridized carbons (Fsp3) is 0.857. The van der Waals surface area contributed by atoms with E-state index in [9.17, 15) is 9.59 Å². The molecule has 0 aromatic rings. The van der Waals surface area contributed by atoms with Crippen LogP contribution in [0.5, 0.6) is 0 Å². The summed E-state index contributed by atoms with van der Waals surface area (Å²) in [4.78, 5) is 31.6. The second-order valence-electron chi connectivity index (χ2n) is 5.74. The van der Waals surface area contributed by atoms with Crippen molar-refractivity contribution in [2.24, 2.45) is 0 Å². The Morgan fingerprint density at radius 2 is 1.60 bits per heavy atom. The molecule has 0 bridgehead atoms. The highest BCUT2D eigenvalue weighted by molar-refractivity contribution is 5.78. The Kier molecular flexibility index (Phi) is 6.95. The molecule has 6 heteroatoms. The Morgan fingerprint density at radius 3 is 2.10 bits per heavy atom. The monoisotopic (exact) mass is 284 g/mol. The van der Waals surface area contributed by atoms with Crippen LogP contribution < -0.4 is 0 Å². The van der Waals surface area contributed by atoms with Gasteiger partial charge in [0.25, 0.3) is 0 Å². The van der Waals surface area contributed by atoms with Crippen molar-refractivity contribution in [2.75, 3.05) is 67.0 Å². The molecule has 0 aromatic heterocycles. The van der Waals surface area contributed by atoms with Crippen LogP contribution in [0.25, 0.3) is 0 Å². The molecule has 1 rings (SSSR count). The average Bonchev–Trinajstić information content (AvgIpc) is 2.38. The van der Waals surface area contributed by atoms with Gasteiger partial charge >= 0.3 is 0 Å². The van der Waals surface area contributed by atoms with Gasteiger partial charge in [-0.3, -0.25) is 9.59 Å². The van der Waals surface area contributed by atoms with Crippen LogP contribution in [0.3, 0.4) is 0 Å². The first kappa shape index (κ1) is 16.9. The predicted molar refractivity (Wildman–Crippen MR) is 79.5 cm³/mol. The maximum Gasteiger partial charge on any atom is 0.224 e. The summed E-state index contributed by atoms with van der Waals surface area (Å²) in [6.07, 6.45) is 0.427. The van der Waals surface area contributed by atoms with E-state index in [-0.39, 0.29) is 11.8 Å². The SMILES string of the molecule is CC(=O)N(CCC(=O)N1CCN(C)CC1)CCN(C)C. The summed E-state index contributed by atoms with van der Waals surface area (Å²) in [5.74, 6) is 0.201. The van der Waals surface area contributed by atoms with Crippen molar-refractivity contribution in [3.8, 4) is 0 Å². The van der Waals surface area contributed by atoms with Crippen LogP contribution in [0.15, 0.2) is 0 Å². The Morgan fingerprint density at radius 1 is 1.00 bits per heavy atom. The van der Waals surface area contributed by atoms with Gasteiger partial charge in [0.05, 0.1) is 0 Å². The molecular weight excluding hydrogens is 256 g/mol. The standard InChI is InChI=1S/C14H28N4O2/c1-13(19)17(10-7-15(2)3)6-5-14(20)18-11-8-16(4)9-12-18/h5-12H2,1-4H3. The van der Waals surface area contributed by atoms with Gasteiger partial charge in [0.2, 0.25) is 11.8 Å². The highest BCUT2D eigenvalue weighted by Gasteiger charge is 2.20. The number of likely N-dealkylation sites (N-methyl/N-ethyl adjacent to an activating group) is 2. The minimum absolute atomic E-state index is 0.0398. The van der Waals surface area contributed by atoms with Crippen molar-refractivity contribution in [2.45, 2.75) is 13.3 Å². The normalized spacial score (nSPS) is 16.6. The Bertz CT molecular complexity index is 325. The number of piperazine rings is 1. The fourth-order valence-electron chi connectivity index (χ4n) is 2.19. The van der Waals surface area contributed by atoms with Crippen molar-refractivity contribution in [1.82, 2.24) is 19.6 Å². The van der Waals surface area contributed by atoms with Crippen LogP contribution in [0, 0.1) is 0 Å². The molecule has 1 aliphatic rings. The summed E-state index contributed by atoms with van der Waals surface area (Å²) >= 11 is 0. The maximum absolute atomic E-state index is 12.1. The van der Waals surface area contributed by atoms with E-state index < -0.39 is 0 Å². The quantitative estimate of drug-likeness (QED) is 0.663. The Labute approximate surface area is 122 Å². The maximum atomic E-state index is 12.1. The summed E-state index contributed by atoms with van der Waals surface area (Å²) in [6, 6.07) is 0. The van der Waals surface area contributed by atoms with Gasteiger partial charge in [0, 0.05) is 59.2 Å². The van der Waals surface area contributed by atoms with Crippen LogP contribution in [-0.2, 0) is 9.59 Å². The van der Waals surface area contributed by atoms with Crippen molar-refractivity contribution in [3.05, 3.63) is 0 Å². The van der Waals surface area contributed by atoms with Gasteiger partial charge in [0.15, 0.2) is 0 Å². The molecule has 2 amide bonds. The largest absolute Gasteiger partial charge is 0.341 e. The van der Waals surface area contributed by atoms with Gasteiger partial charge < -0.3 is 19.6 Å². The number of amides is 2. The molecule has 0 atom stereocenters. The first-order chi connectivity index (χ1) is 9.40. The van der Waals surface area contributed by atoms with E-state index in [1.54, 1.807) is 11.8 Å². The third kappa shape index (κ3) is 5.88. The molecule has 116 valence electrons. The molecule has 0 radical (unpaired) electrons.